The zero-order valence-electron chi connectivity index (χ0n) is 10.8. The molecule has 1 amide bonds. The maximum atomic E-state index is 11.8. The van der Waals surface area contributed by atoms with E-state index in [1.165, 1.54) is 13.1 Å². The first-order valence-electron chi connectivity index (χ1n) is 5.99. The SMILES string of the molecule is CC(OC(=O)c1cccnc1)C(=O)Nc1ccccn1. The van der Waals surface area contributed by atoms with Gasteiger partial charge in [0.2, 0.25) is 0 Å². The van der Waals surface area contributed by atoms with Gasteiger partial charge in [-0.05, 0) is 31.2 Å². The number of carbonyl (C=O) groups is 2. The second-order valence-corrected chi connectivity index (χ2v) is 3.99. The van der Waals surface area contributed by atoms with Crippen molar-refractivity contribution in [2.45, 2.75) is 13.0 Å². The van der Waals surface area contributed by atoms with Crippen LogP contribution in [-0.4, -0.2) is 27.9 Å². The number of anilines is 1. The number of rotatable bonds is 4. The van der Waals surface area contributed by atoms with E-state index in [9.17, 15) is 9.59 Å². The molecule has 0 spiro atoms. The Hall–Kier alpha value is -2.76. The molecule has 2 aromatic rings. The number of nitrogens with one attached hydrogen (secondary N) is 1. The average molecular weight is 271 g/mol. The molecule has 6 nitrogen and oxygen atoms in total. The molecule has 0 saturated carbocycles. The van der Waals surface area contributed by atoms with Crippen LogP contribution in [0.1, 0.15) is 17.3 Å². The van der Waals surface area contributed by atoms with Crippen LogP contribution in [0.3, 0.4) is 0 Å². The standard InChI is InChI=1S/C14H13N3O3/c1-10(13(18)17-12-6-2-3-8-16-12)20-14(19)11-5-4-7-15-9-11/h2-10H,1H3,(H,16,17,18). The Bertz CT molecular complexity index is 587. The molecule has 1 N–H and O–H groups in total. The number of hydrogen-bond donors (Lipinski definition) is 1. The number of esters is 1. The van der Waals surface area contributed by atoms with E-state index in [2.05, 4.69) is 15.3 Å². The van der Waals surface area contributed by atoms with E-state index in [-0.39, 0.29) is 0 Å². The second-order valence-electron chi connectivity index (χ2n) is 3.99. The minimum atomic E-state index is -0.926. The van der Waals surface area contributed by atoms with Crippen molar-refractivity contribution in [3.8, 4) is 0 Å². The number of hydrogen-bond acceptors (Lipinski definition) is 5. The van der Waals surface area contributed by atoms with Crippen molar-refractivity contribution < 1.29 is 14.3 Å². The van der Waals surface area contributed by atoms with E-state index in [0.717, 1.165) is 0 Å². The van der Waals surface area contributed by atoms with Gasteiger partial charge in [0.1, 0.15) is 5.82 Å². The van der Waals surface area contributed by atoms with E-state index in [4.69, 9.17) is 4.74 Å². The van der Waals surface area contributed by atoms with Gasteiger partial charge in [-0.25, -0.2) is 9.78 Å². The van der Waals surface area contributed by atoms with Crippen LogP contribution < -0.4 is 5.32 Å². The molecule has 20 heavy (non-hydrogen) atoms. The molecule has 0 saturated heterocycles. The van der Waals surface area contributed by atoms with Crippen LogP contribution in [0.4, 0.5) is 5.82 Å². The van der Waals surface area contributed by atoms with Crippen LogP contribution in [0.15, 0.2) is 48.9 Å². The first-order chi connectivity index (χ1) is 9.66. The minimum Gasteiger partial charge on any atom is -0.449 e. The summed E-state index contributed by atoms with van der Waals surface area (Å²) in [6.45, 7) is 1.49. The van der Waals surface area contributed by atoms with E-state index >= 15 is 0 Å². The summed E-state index contributed by atoms with van der Waals surface area (Å²) in [7, 11) is 0. The third-order valence-corrected chi connectivity index (χ3v) is 2.47. The molecular weight excluding hydrogens is 258 g/mol. The third-order valence-electron chi connectivity index (χ3n) is 2.47. The summed E-state index contributed by atoms with van der Waals surface area (Å²) in [5.41, 5.74) is 0.296. The molecule has 0 aliphatic rings. The predicted octanol–water partition coefficient (Wildman–Crippen LogP) is 1.66. The highest BCUT2D eigenvalue weighted by Gasteiger charge is 2.19. The molecule has 0 aliphatic heterocycles. The number of ether oxygens (including phenoxy) is 1. The summed E-state index contributed by atoms with van der Waals surface area (Å²) in [6.07, 6.45) is 3.56. The lowest BCUT2D eigenvalue weighted by atomic mass is 10.3. The van der Waals surface area contributed by atoms with Gasteiger partial charge < -0.3 is 10.1 Å². The number of amides is 1. The molecule has 102 valence electrons. The predicted molar refractivity (Wildman–Crippen MR) is 72.0 cm³/mol. The molecule has 2 aromatic heterocycles. The quantitative estimate of drug-likeness (QED) is 0.855. The highest BCUT2D eigenvalue weighted by Crippen LogP contribution is 2.05. The third kappa shape index (κ3) is 3.61. The number of pyridine rings is 2. The van der Waals surface area contributed by atoms with Crippen LogP contribution in [0.25, 0.3) is 0 Å². The molecule has 6 heteroatoms. The molecule has 0 radical (unpaired) electrons. The number of nitrogens with zero attached hydrogens (tertiary/aromatic N) is 2. The van der Waals surface area contributed by atoms with Crippen molar-refractivity contribution in [3.63, 3.8) is 0 Å². The van der Waals surface area contributed by atoms with E-state index in [1.807, 2.05) is 0 Å². The van der Waals surface area contributed by atoms with Crippen molar-refractivity contribution in [2.75, 3.05) is 5.32 Å². The van der Waals surface area contributed by atoms with Crippen LogP contribution in [0, 0.1) is 0 Å². The summed E-state index contributed by atoms with van der Waals surface area (Å²) in [6, 6.07) is 8.32. The van der Waals surface area contributed by atoms with Crippen molar-refractivity contribution in [3.05, 3.63) is 54.5 Å². The summed E-state index contributed by atoms with van der Waals surface area (Å²) < 4.78 is 5.05. The monoisotopic (exact) mass is 271 g/mol. The lowest BCUT2D eigenvalue weighted by molar-refractivity contribution is -0.123. The Kier molecular flexibility index (Phi) is 4.39. The first kappa shape index (κ1) is 13.7. The lowest BCUT2D eigenvalue weighted by Crippen LogP contribution is -2.30. The highest BCUT2D eigenvalue weighted by molar-refractivity contribution is 5.96. The molecule has 0 fully saturated rings. The Morgan fingerprint density at radius 3 is 2.70 bits per heavy atom. The van der Waals surface area contributed by atoms with Gasteiger partial charge in [0.15, 0.2) is 6.10 Å². The Labute approximate surface area is 115 Å². The fourth-order valence-corrected chi connectivity index (χ4v) is 1.43. The van der Waals surface area contributed by atoms with E-state index in [1.54, 1.807) is 42.7 Å². The van der Waals surface area contributed by atoms with Gasteiger partial charge in [0.05, 0.1) is 5.56 Å². The molecule has 0 aliphatic carbocycles. The van der Waals surface area contributed by atoms with Gasteiger partial charge in [-0.1, -0.05) is 6.07 Å². The fourth-order valence-electron chi connectivity index (χ4n) is 1.43. The summed E-state index contributed by atoms with van der Waals surface area (Å²) in [5, 5.41) is 2.56. The fraction of sp³-hybridized carbons (Fsp3) is 0.143. The van der Waals surface area contributed by atoms with Gasteiger partial charge in [0, 0.05) is 18.6 Å². The zero-order valence-corrected chi connectivity index (χ0v) is 10.8. The van der Waals surface area contributed by atoms with Crippen molar-refractivity contribution in [1.82, 2.24) is 9.97 Å². The Balaban J connectivity index is 1.93. The van der Waals surface area contributed by atoms with E-state index < -0.39 is 18.0 Å². The van der Waals surface area contributed by atoms with Gasteiger partial charge in [-0.3, -0.25) is 9.78 Å². The topological polar surface area (TPSA) is 81.2 Å². The maximum Gasteiger partial charge on any atom is 0.340 e. The lowest BCUT2D eigenvalue weighted by Gasteiger charge is -2.12. The largest absolute Gasteiger partial charge is 0.449 e. The smallest absolute Gasteiger partial charge is 0.340 e. The van der Waals surface area contributed by atoms with Crippen LogP contribution in [0.5, 0.6) is 0 Å². The number of aromatic nitrogens is 2. The summed E-state index contributed by atoms with van der Waals surface area (Å²) in [5.74, 6) is -0.635. The zero-order chi connectivity index (χ0) is 14.4. The maximum absolute atomic E-state index is 11.8. The van der Waals surface area contributed by atoms with Crippen LogP contribution in [-0.2, 0) is 9.53 Å². The van der Waals surface area contributed by atoms with Crippen LogP contribution >= 0.6 is 0 Å². The van der Waals surface area contributed by atoms with Crippen molar-refractivity contribution >= 4 is 17.7 Å². The Morgan fingerprint density at radius 1 is 1.20 bits per heavy atom. The number of carbonyl (C=O) groups excluding carboxylic acids is 2. The second kappa shape index (κ2) is 6.42. The Morgan fingerprint density at radius 2 is 2.05 bits per heavy atom. The van der Waals surface area contributed by atoms with Gasteiger partial charge >= 0.3 is 5.97 Å². The van der Waals surface area contributed by atoms with E-state index in [0.29, 0.717) is 11.4 Å². The molecular formula is C14H13N3O3. The molecule has 1 unspecified atom stereocenters. The van der Waals surface area contributed by atoms with Crippen LogP contribution in [0.2, 0.25) is 0 Å². The minimum absolute atomic E-state index is 0.296. The molecule has 1 atom stereocenters. The van der Waals surface area contributed by atoms with Gasteiger partial charge in [0.25, 0.3) is 5.91 Å². The molecule has 2 heterocycles. The van der Waals surface area contributed by atoms with Gasteiger partial charge in [-0.15, -0.1) is 0 Å². The summed E-state index contributed by atoms with van der Waals surface area (Å²) in [4.78, 5) is 31.4. The first-order valence-corrected chi connectivity index (χ1v) is 5.99. The molecule has 0 bridgehead atoms. The van der Waals surface area contributed by atoms with Crippen molar-refractivity contribution in [2.24, 2.45) is 0 Å². The van der Waals surface area contributed by atoms with Crippen molar-refractivity contribution in [1.29, 1.82) is 0 Å². The molecule has 2 rings (SSSR count). The normalized spacial score (nSPS) is 11.4. The van der Waals surface area contributed by atoms with Gasteiger partial charge in [-0.2, -0.15) is 0 Å². The molecule has 0 aromatic carbocycles. The summed E-state index contributed by atoms with van der Waals surface area (Å²) >= 11 is 0. The average Bonchev–Trinajstić information content (AvgIpc) is 2.49. The highest BCUT2D eigenvalue weighted by atomic mass is 16.5.